The van der Waals surface area contributed by atoms with E-state index in [-0.39, 0.29) is 6.10 Å². The summed E-state index contributed by atoms with van der Waals surface area (Å²) in [4.78, 5) is 4.50. The smallest absolute Gasteiger partial charge is 0.145 e. The van der Waals surface area contributed by atoms with Crippen LogP contribution in [0.5, 0.6) is 0 Å². The molecule has 0 amide bonds. The number of aliphatic hydroxyl groups is 1. The van der Waals surface area contributed by atoms with E-state index in [2.05, 4.69) is 38.8 Å². The second-order valence-corrected chi connectivity index (χ2v) is 11.8. The molecule has 6 rings (SSSR count). The summed E-state index contributed by atoms with van der Waals surface area (Å²) in [5, 5.41) is 18.0. The summed E-state index contributed by atoms with van der Waals surface area (Å²) in [5.41, 5.74) is 3.25. The maximum atomic E-state index is 11.5. The van der Waals surface area contributed by atoms with Crippen LogP contribution in [0.2, 0.25) is 10.0 Å². The molecule has 8 heteroatoms. The van der Waals surface area contributed by atoms with Crippen molar-refractivity contribution in [3.8, 4) is 11.3 Å². The lowest BCUT2D eigenvalue weighted by molar-refractivity contribution is -0.0640. The Morgan fingerprint density at radius 3 is 2.53 bits per heavy atom. The van der Waals surface area contributed by atoms with Crippen molar-refractivity contribution in [3.63, 3.8) is 0 Å². The highest BCUT2D eigenvalue weighted by molar-refractivity contribution is 14.1. The van der Waals surface area contributed by atoms with Crippen molar-refractivity contribution in [3.05, 3.63) is 79.2 Å². The summed E-state index contributed by atoms with van der Waals surface area (Å²) in [6.07, 6.45) is 6.84. The molecule has 2 saturated carbocycles. The van der Waals surface area contributed by atoms with Crippen molar-refractivity contribution >= 4 is 56.7 Å². The average Bonchev–Trinajstić information content (AvgIpc) is 3.64. The normalized spacial score (nSPS) is 22.3. The number of aromatic nitrogens is 2. The van der Waals surface area contributed by atoms with E-state index in [4.69, 9.17) is 32.5 Å². The highest BCUT2D eigenvalue weighted by Gasteiger charge is 2.37. The molecule has 186 valence electrons. The van der Waals surface area contributed by atoms with Gasteiger partial charge in [-0.2, -0.15) is 0 Å². The van der Waals surface area contributed by atoms with Gasteiger partial charge < -0.3 is 14.4 Å². The molecule has 0 bridgehead atoms. The van der Waals surface area contributed by atoms with Crippen molar-refractivity contribution in [1.82, 2.24) is 10.1 Å². The molecule has 5 nitrogen and oxygen atoms in total. The molecular weight excluding hydrogens is 610 g/mol. The zero-order valence-electron chi connectivity index (χ0n) is 19.5. The maximum absolute atomic E-state index is 11.5. The van der Waals surface area contributed by atoms with Gasteiger partial charge in [-0.05, 0) is 90.9 Å². The fraction of sp³-hybridized carbons (Fsp3) is 0.357. The molecule has 2 aliphatic rings. The Morgan fingerprint density at radius 1 is 1.06 bits per heavy atom. The van der Waals surface area contributed by atoms with Gasteiger partial charge in [-0.1, -0.05) is 46.6 Å². The second-order valence-electron chi connectivity index (χ2n) is 9.81. The minimum Gasteiger partial charge on any atom is -0.385 e. The standard InChI is InChI=1S/C28H25Cl2IN2O3/c29-21-2-1-3-22(30)25(21)26-20(27(36-33-26)16-4-5-16)15-35-18-8-11-28(34,12-9-18)17-6-7-19-23(31)10-13-32-24(19)14-17/h1-3,6-7,10,13-14,16,18,34H,4-5,8-9,11-12,15H2. The molecule has 0 saturated heterocycles. The van der Waals surface area contributed by atoms with E-state index in [0.29, 0.717) is 46.7 Å². The van der Waals surface area contributed by atoms with E-state index < -0.39 is 5.60 Å². The fourth-order valence-corrected chi connectivity index (χ4v) is 6.37. The minimum atomic E-state index is -0.871. The number of ether oxygens (including phenoxy) is 1. The van der Waals surface area contributed by atoms with Crippen LogP contribution in [0.15, 0.2) is 53.2 Å². The molecule has 0 spiro atoms. The molecule has 2 aliphatic carbocycles. The molecule has 4 aromatic rings. The van der Waals surface area contributed by atoms with Crippen LogP contribution in [0.1, 0.15) is 61.3 Å². The Morgan fingerprint density at radius 2 is 1.81 bits per heavy atom. The van der Waals surface area contributed by atoms with Gasteiger partial charge in [0.2, 0.25) is 0 Å². The Bertz CT molecular complexity index is 1410. The Kier molecular flexibility index (Phi) is 6.75. The molecule has 0 radical (unpaired) electrons. The Labute approximate surface area is 233 Å². The van der Waals surface area contributed by atoms with E-state index in [1.54, 1.807) is 0 Å². The minimum absolute atomic E-state index is 0.0429. The van der Waals surface area contributed by atoms with Crippen molar-refractivity contribution in [1.29, 1.82) is 0 Å². The third-order valence-electron chi connectivity index (χ3n) is 7.42. The highest BCUT2D eigenvalue weighted by atomic mass is 127. The van der Waals surface area contributed by atoms with Gasteiger partial charge in [0.05, 0.1) is 33.9 Å². The van der Waals surface area contributed by atoms with E-state index >= 15 is 0 Å². The van der Waals surface area contributed by atoms with Crippen LogP contribution in [0.25, 0.3) is 22.2 Å². The van der Waals surface area contributed by atoms with Gasteiger partial charge in [0.15, 0.2) is 0 Å². The number of hydrogen-bond acceptors (Lipinski definition) is 5. The van der Waals surface area contributed by atoms with Crippen LogP contribution in [0.3, 0.4) is 0 Å². The fourth-order valence-electron chi connectivity index (χ4n) is 5.18. The lowest BCUT2D eigenvalue weighted by Gasteiger charge is -2.36. The van der Waals surface area contributed by atoms with Gasteiger partial charge in [0.25, 0.3) is 0 Å². The molecule has 2 aromatic carbocycles. The first-order valence-electron chi connectivity index (χ1n) is 12.2. The number of rotatable bonds is 6. The van der Waals surface area contributed by atoms with E-state index in [9.17, 15) is 5.11 Å². The number of nitrogens with zero attached hydrogens (tertiary/aromatic N) is 2. The average molecular weight is 635 g/mol. The van der Waals surface area contributed by atoms with Gasteiger partial charge >= 0.3 is 0 Å². The van der Waals surface area contributed by atoms with E-state index in [1.807, 2.05) is 42.6 Å². The molecule has 2 fully saturated rings. The zero-order valence-corrected chi connectivity index (χ0v) is 23.2. The highest BCUT2D eigenvalue weighted by Crippen LogP contribution is 2.46. The van der Waals surface area contributed by atoms with Gasteiger partial charge in [-0.3, -0.25) is 4.98 Å². The Balaban J connectivity index is 1.18. The first-order valence-corrected chi connectivity index (χ1v) is 14.1. The van der Waals surface area contributed by atoms with Gasteiger partial charge in [0, 0.05) is 32.2 Å². The number of pyridine rings is 1. The monoisotopic (exact) mass is 634 g/mol. The lowest BCUT2D eigenvalue weighted by Crippen LogP contribution is -2.34. The van der Waals surface area contributed by atoms with Crippen LogP contribution >= 0.6 is 45.8 Å². The van der Waals surface area contributed by atoms with Crippen molar-refractivity contribution in [2.75, 3.05) is 0 Å². The SMILES string of the molecule is OC1(c2ccc3c(I)ccnc3c2)CCC(OCc2c(-c3c(Cl)cccc3Cl)noc2C2CC2)CC1. The zero-order chi connectivity index (χ0) is 24.9. The largest absolute Gasteiger partial charge is 0.385 e. The van der Waals surface area contributed by atoms with Crippen LogP contribution < -0.4 is 0 Å². The molecule has 2 heterocycles. The first-order chi connectivity index (χ1) is 17.4. The maximum Gasteiger partial charge on any atom is 0.145 e. The number of halogens is 3. The van der Waals surface area contributed by atoms with E-state index in [1.165, 1.54) is 0 Å². The summed E-state index contributed by atoms with van der Waals surface area (Å²) >= 11 is 15.3. The summed E-state index contributed by atoms with van der Waals surface area (Å²) in [6, 6.07) is 13.6. The van der Waals surface area contributed by atoms with Crippen molar-refractivity contribution in [2.24, 2.45) is 0 Å². The molecule has 0 aliphatic heterocycles. The third-order valence-corrected chi connectivity index (χ3v) is 8.99. The van der Waals surface area contributed by atoms with Crippen molar-refractivity contribution < 1.29 is 14.4 Å². The first kappa shape index (κ1) is 24.6. The molecular formula is C28H25Cl2IN2O3. The quantitative estimate of drug-likeness (QED) is 0.218. The third kappa shape index (κ3) is 4.67. The molecule has 0 atom stereocenters. The summed E-state index contributed by atoms with van der Waals surface area (Å²) < 4.78 is 13.3. The second kappa shape index (κ2) is 9.87. The predicted octanol–water partition coefficient (Wildman–Crippen LogP) is 8.03. The number of benzene rings is 2. The topological polar surface area (TPSA) is 68.4 Å². The molecule has 2 aromatic heterocycles. The van der Waals surface area contributed by atoms with Gasteiger partial charge in [0.1, 0.15) is 11.5 Å². The number of hydrogen-bond donors (Lipinski definition) is 1. The number of fused-ring (bicyclic) bond motifs is 1. The molecule has 1 N–H and O–H groups in total. The molecule has 36 heavy (non-hydrogen) atoms. The van der Waals surface area contributed by atoms with E-state index in [0.717, 1.165) is 57.0 Å². The summed E-state index contributed by atoms with van der Waals surface area (Å²) in [6.45, 7) is 0.383. The van der Waals surface area contributed by atoms with Gasteiger partial charge in [-0.15, -0.1) is 0 Å². The van der Waals surface area contributed by atoms with Crippen LogP contribution in [-0.4, -0.2) is 21.4 Å². The Hall–Kier alpha value is -1.71. The van der Waals surface area contributed by atoms with Crippen LogP contribution in [0.4, 0.5) is 0 Å². The van der Waals surface area contributed by atoms with Gasteiger partial charge in [-0.25, -0.2) is 0 Å². The summed E-state index contributed by atoms with van der Waals surface area (Å²) in [5.74, 6) is 1.26. The lowest BCUT2D eigenvalue weighted by atomic mass is 9.78. The molecule has 0 unspecified atom stereocenters. The summed E-state index contributed by atoms with van der Waals surface area (Å²) in [7, 11) is 0. The van der Waals surface area contributed by atoms with Crippen LogP contribution in [0, 0.1) is 3.57 Å². The van der Waals surface area contributed by atoms with Crippen LogP contribution in [-0.2, 0) is 16.9 Å². The predicted molar refractivity (Wildman–Crippen MR) is 149 cm³/mol. The van der Waals surface area contributed by atoms with Crippen molar-refractivity contribution in [2.45, 2.75) is 62.8 Å².